The van der Waals surface area contributed by atoms with Crippen LogP contribution < -0.4 is 5.32 Å². The summed E-state index contributed by atoms with van der Waals surface area (Å²) < 4.78 is 26.4. The predicted octanol–water partition coefficient (Wildman–Crippen LogP) is 2.87. The van der Waals surface area contributed by atoms with Gasteiger partial charge in [0.2, 0.25) is 5.91 Å². The van der Waals surface area contributed by atoms with Gasteiger partial charge in [-0.25, -0.2) is 8.78 Å². The number of halogens is 2. The van der Waals surface area contributed by atoms with Crippen molar-refractivity contribution < 1.29 is 13.6 Å². The number of aryl methyl sites for hydroxylation is 1. The number of rotatable bonds is 2. The summed E-state index contributed by atoms with van der Waals surface area (Å²) in [7, 11) is 0. The van der Waals surface area contributed by atoms with Crippen LogP contribution in [-0.4, -0.2) is 5.91 Å². The summed E-state index contributed by atoms with van der Waals surface area (Å²) in [6.07, 6.45) is 0. The van der Waals surface area contributed by atoms with Crippen molar-refractivity contribution in [1.82, 2.24) is 0 Å². The Morgan fingerprint density at radius 3 is 2.40 bits per heavy atom. The van der Waals surface area contributed by atoms with E-state index in [1.165, 1.54) is 6.92 Å². The van der Waals surface area contributed by atoms with E-state index in [0.29, 0.717) is 0 Å². The summed E-state index contributed by atoms with van der Waals surface area (Å²) in [5.41, 5.74) is 0.104. The highest BCUT2D eigenvalue weighted by Gasteiger charge is 2.12. The van der Waals surface area contributed by atoms with E-state index >= 15 is 0 Å². The van der Waals surface area contributed by atoms with Crippen molar-refractivity contribution in [3.05, 3.63) is 29.3 Å². The molecule has 0 fully saturated rings. The summed E-state index contributed by atoms with van der Waals surface area (Å²) in [6.45, 7) is 4.82. The van der Waals surface area contributed by atoms with E-state index < -0.39 is 11.6 Å². The third-order valence-electron chi connectivity index (χ3n) is 2.03. The number of anilines is 1. The Hall–Kier alpha value is -1.45. The standard InChI is InChI=1S/C11H13F2NO/c1-6(2)11(15)14-10-5-8(12)7(3)4-9(10)13/h4-6H,1-3H3,(H,14,15). The Balaban J connectivity index is 2.96. The van der Waals surface area contributed by atoms with Gasteiger partial charge in [-0.15, -0.1) is 0 Å². The molecule has 0 saturated carbocycles. The molecule has 0 heterocycles. The highest BCUT2D eigenvalue weighted by Crippen LogP contribution is 2.19. The Morgan fingerprint density at radius 1 is 1.27 bits per heavy atom. The summed E-state index contributed by atoms with van der Waals surface area (Å²) in [6, 6.07) is 2.05. The first kappa shape index (κ1) is 11.6. The largest absolute Gasteiger partial charge is 0.323 e. The van der Waals surface area contributed by atoms with Crippen LogP contribution >= 0.6 is 0 Å². The molecule has 4 heteroatoms. The van der Waals surface area contributed by atoms with Crippen LogP contribution in [0.3, 0.4) is 0 Å². The van der Waals surface area contributed by atoms with Gasteiger partial charge in [0.25, 0.3) is 0 Å². The Kier molecular flexibility index (Phi) is 3.39. The smallest absolute Gasteiger partial charge is 0.227 e. The fourth-order valence-corrected chi connectivity index (χ4v) is 1.02. The normalized spacial score (nSPS) is 10.5. The van der Waals surface area contributed by atoms with Gasteiger partial charge in [-0.1, -0.05) is 13.8 Å². The van der Waals surface area contributed by atoms with Gasteiger partial charge in [0, 0.05) is 12.0 Å². The number of amides is 1. The lowest BCUT2D eigenvalue weighted by Crippen LogP contribution is -2.18. The van der Waals surface area contributed by atoms with E-state index in [4.69, 9.17) is 0 Å². The SMILES string of the molecule is Cc1cc(F)c(NC(=O)C(C)C)cc1F. The molecule has 1 amide bonds. The second-order valence-electron chi connectivity index (χ2n) is 3.73. The second-order valence-corrected chi connectivity index (χ2v) is 3.73. The first-order chi connectivity index (χ1) is 6.91. The molecule has 0 radical (unpaired) electrons. The maximum atomic E-state index is 13.3. The summed E-state index contributed by atoms with van der Waals surface area (Å²) in [5, 5.41) is 2.32. The number of carbonyl (C=O) groups excluding carboxylic acids is 1. The minimum atomic E-state index is -0.622. The molecule has 1 aromatic carbocycles. The first-order valence-electron chi connectivity index (χ1n) is 4.68. The lowest BCUT2D eigenvalue weighted by atomic mass is 10.1. The number of nitrogens with one attached hydrogen (secondary N) is 1. The third-order valence-corrected chi connectivity index (χ3v) is 2.03. The molecular weight excluding hydrogens is 200 g/mol. The maximum Gasteiger partial charge on any atom is 0.227 e. The molecule has 15 heavy (non-hydrogen) atoms. The van der Waals surface area contributed by atoms with Gasteiger partial charge in [-0.3, -0.25) is 4.79 Å². The van der Waals surface area contributed by atoms with E-state index in [1.807, 2.05) is 0 Å². The van der Waals surface area contributed by atoms with Gasteiger partial charge in [-0.05, 0) is 18.6 Å². The number of carbonyl (C=O) groups is 1. The molecule has 0 spiro atoms. The van der Waals surface area contributed by atoms with Crippen LogP contribution in [0.15, 0.2) is 12.1 Å². The van der Waals surface area contributed by atoms with Gasteiger partial charge in [0.1, 0.15) is 11.6 Å². The van der Waals surface area contributed by atoms with Crippen molar-refractivity contribution in [2.45, 2.75) is 20.8 Å². The summed E-state index contributed by atoms with van der Waals surface area (Å²) >= 11 is 0. The molecule has 0 aliphatic heterocycles. The minimum absolute atomic E-state index is 0.114. The molecule has 1 N–H and O–H groups in total. The second kappa shape index (κ2) is 4.38. The van der Waals surface area contributed by atoms with Crippen LogP contribution in [0.1, 0.15) is 19.4 Å². The van der Waals surface area contributed by atoms with Crippen molar-refractivity contribution in [1.29, 1.82) is 0 Å². The van der Waals surface area contributed by atoms with Crippen LogP contribution in [0.4, 0.5) is 14.5 Å². The van der Waals surface area contributed by atoms with Crippen molar-refractivity contribution in [3.63, 3.8) is 0 Å². The summed E-state index contributed by atoms with van der Waals surface area (Å²) in [5.74, 6) is -1.76. The molecule has 82 valence electrons. The molecule has 0 aliphatic carbocycles. The van der Waals surface area contributed by atoms with Gasteiger partial charge >= 0.3 is 0 Å². The van der Waals surface area contributed by atoms with Gasteiger partial charge in [0.15, 0.2) is 0 Å². The van der Waals surface area contributed by atoms with Gasteiger partial charge in [0.05, 0.1) is 5.69 Å². The molecule has 1 aromatic rings. The Labute approximate surface area is 87.3 Å². The van der Waals surface area contributed by atoms with Crippen LogP contribution in [0, 0.1) is 24.5 Å². The predicted molar refractivity (Wildman–Crippen MR) is 54.6 cm³/mol. The number of hydrogen-bond acceptors (Lipinski definition) is 1. The fourth-order valence-electron chi connectivity index (χ4n) is 1.02. The molecule has 2 nitrogen and oxygen atoms in total. The van der Waals surface area contributed by atoms with Crippen LogP contribution in [0.25, 0.3) is 0 Å². The van der Waals surface area contributed by atoms with Gasteiger partial charge < -0.3 is 5.32 Å². The first-order valence-corrected chi connectivity index (χ1v) is 4.68. The highest BCUT2D eigenvalue weighted by atomic mass is 19.1. The zero-order valence-corrected chi connectivity index (χ0v) is 8.90. The quantitative estimate of drug-likeness (QED) is 0.804. The van der Waals surface area contributed by atoms with Gasteiger partial charge in [-0.2, -0.15) is 0 Å². The molecule has 0 aromatic heterocycles. The summed E-state index contributed by atoms with van der Waals surface area (Å²) in [4.78, 5) is 11.3. The van der Waals surface area contributed by atoms with Crippen LogP contribution in [-0.2, 0) is 4.79 Å². The molecule has 0 unspecified atom stereocenters. The van der Waals surface area contributed by atoms with Crippen LogP contribution in [0.5, 0.6) is 0 Å². The average molecular weight is 213 g/mol. The lowest BCUT2D eigenvalue weighted by Gasteiger charge is -2.09. The van der Waals surface area contributed by atoms with Crippen LogP contribution in [0.2, 0.25) is 0 Å². The lowest BCUT2D eigenvalue weighted by molar-refractivity contribution is -0.118. The number of hydrogen-bond donors (Lipinski definition) is 1. The Bertz CT molecular complexity index is 388. The molecule has 0 aliphatic rings. The van der Waals surface area contributed by atoms with Crippen molar-refractivity contribution >= 4 is 11.6 Å². The Morgan fingerprint density at radius 2 is 1.87 bits per heavy atom. The fraction of sp³-hybridized carbons (Fsp3) is 0.364. The monoisotopic (exact) mass is 213 g/mol. The van der Waals surface area contributed by atoms with E-state index in [9.17, 15) is 13.6 Å². The zero-order chi connectivity index (χ0) is 11.6. The highest BCUT2D eigenvalue weighted by molar-refractivity contribution is 5.92. The topological polar surface area (TPSA) is 29.1 Å². The van der Waals surface area contributed by atoms with E-state index in [1.54, 1.807) is 13.8 Å². The van der Waals surface area contributed by atoms with Crippen molar-refractivity contribution in [3.8, 4) is 0 Å². The van der Waals surface area contributed by atoms with E-state index in [2.05, 4.69) is 5.32 Å². The molecule has 0 atom stereocenters. The third kappa shape index (κ3) is 2.75. The van der Waals surface area contributed by atoms with Crippen molar-refractivity contribution in [2.75, 3.05) is 5.32 Å². The maximum absolute atomic E-state index is 13.3. The average Bonchev–Trinajstić information content (AvgIpc) is 2.13. The molecule has 1 rings (SSSR count). The molecule has 0 bridgehead atoms. The van der Waals surface area contributed by atoms with E-state index in [-0.39, 0.29) is 23.1 Å². The molecular formula is C11H13F2NO. The zero-order valence-electron chi connectivity index (χ0n) is 8.90. The minimum Gasteiger partial charge on any atom is -0.323 e. The van der Waals surface area contributed by atoms with E-state index in [0.717, 1.165) is 12.1 Å². The van der Waals surface area contributed by atoms with Crippen molar-refractivity contribution in [2.24, 2.45) is 5.92 Å². The number of benzene rings is 1. The molecule has 0 saturated heterocycles.